The first-order valence-electron chi connectivity index (χ1n) is 5.11. The van der Waals surface area contributed by atoms with Crippen LogP contribution in [0.25, 0.3) is 11.1 Å². The van der Waals surface area contributed by atoms with Crippen molar-refractivity contribution in [2.45, 2.75) is 6.92 Å². The molecule has 0 N–H and O–H groups in total. The van der Waals surface area contributed by atoms with Gasteiger partial charge in [0.2, 0.25) is 0 Å². The van der Waals surface area contributed by atoms with E-state index in [1.165, 1.54) is 11.1 Å². The topological polar surface area (TPSA) is 9.23 Å². The monoisotopic (exact) mass is 232 g/mol. The summed E-state index contributed by atoms with van der Waals surface area (Å²) >= 11 is 5.87. The molecule has 82 valence electrons. The van der Waals surface area contributed by atoms with E-state index >= 15 is 0 Å². The summed E-state index contributed by atoms with van der Waals surface area (Å²) in [7, 11) is 1.68. The molecule has 2 rings (SSSR count). The maximum absolute atomic E-state index is 5.87. The molecular formula is C14H13ClO. The fourth-order valence-electron chi connectivity index (χ4n) is 1.67. The Bertz CT molecular complexity index is 489. The molecule has 2 heteroatoms. The average Bonchev–Trinajstić information content (AvgIpc) is 2.31. The van der Waals surface area contributed by atoms with E-state index in [1.54, 1.807) is 7.11 Å². The van der Waals surface area contributed by atoms with Crippen LogP contribution in [0, 0.1) is 6.92 Å². The van der Waals surface area contributed by atoms with Crippen LogP contribution in [0.4, 0.5) is 0 Å². The van der Waals surface area contributed by atoms with Crippen molar-refractivity contribution in [1.29, 1.82) is 0 Å². The summed E-state index contributed by atoms with van der Waals surface area (Å²) < 4.78 is 5.23. The maximum atomic E-state index is 5.87. The van der Waals surface area contributed by atoms with Gasteiger partial charge in [-0.05, 0) is 47.9 Å². The van der Waals surface area contributed by atoms with Gasteiger partial charge in [0.05, 0.1) is 7.11 Å². The lowest BCUT2D eigenvalue weighted by Crippen LogP contribution is -1.87. The van der Waals surface area contributed by atoms with Gasteiger partial charge in [0.1, 0.15) is 5.75 Å². The van der Waals surface area contributed by atoms with Crippen molar-refractivity contribution in [3.8, 4) is 16.9 Å². The summed E-state index contributed by atoms with van der Waals surface area (Å²) in [6.07, 6.45) is 0. The first kappa shape index (κ1) is 11.0. The highest BCUT2D eigenvalue weighted by atomic mass is 35.5. The largest absolute Gasteiger partial charge is 0.497 e. The minimum Gasteiger partial charge on any atom is -0.497 e. The molecule has 0 aliphatic heterocycles. The van der Waals surface area contributed by atoms with Gasteiger partial charge >= 0.3 is 0 Å². The highest BCUT2D eigenvalue weighted by Gasteiger charge is 2.03. The minimum atomic E-state index is 0.754. The quantitative estimate of drug-likeness (QED) is 0.749. The summed E-state index contributed by atoms with van der Waals surface area (Å²) in [5, 5.41) is 0.754. The Hall–Kier alpha value is -1.47. The lowest BCUT2D eigenvalue weighted by atomic mass is 10.0. The normalized spacial score (nSPS) is 10.2. The van der Waals surface area contributed by atoms with E-state index in [1.807, 2.05) is 36.4 Å². The molecule has 0 fully saturated rings. The van der Waals surface area contributed by atoms with Gasteiger partial charge in [0, 0.05) is 5.02 Å². The fraction of sp³-hybridized carbons (Fsp3) is 0.143. The van der Waals surface area contributed by atoms with Gasteiger partial charge in [-0.2, -0.15) is 0 Å². The Morgan fingerprint density at radius 1 is 1.00 bits per heavy atom. The molecule has 0 heterocycles. The Morgan fingerprint density at radius 2 is 1.69 bits per heavy atom. The van der Waals surface area contributed by atoms with E-state index < -0.39 is 0 Å². The molecule has 0 aliphatic carbocycles. The second-order valence-electron chi connectivity index (χ2n) is 3.69. The van der Waals surface area contributed by atoms with Crippen LogP contribution in [0.15, 0.2) is 42.5 Å². The number of benzene rings is 2. The van der Waals surface area contributed by atoms with Gasteiger partial charge in [0.15, 0.2) is 0 Å². The Kier molecular flexibility index (Phi) is 3.16. The molecule has 0 bridgehead atoms. The van der Waals surface area contributed by atoms with Crippen LogP contribution in [0.2, 0.25) is 5.02 Å². The summed E-state index contributed by atoms with van der Waals surface area (Å²) in [6.45, 7) is 2.09. The lowest BCUT2D eigenvalue weighted by Gasteiger charge is -2.08. The number of hydrogen-bond donors (Lipinski definition) is 0. The summed E-state index contributed by atoms with van der Waals surface area (Å²) in [5.41, 5.74) is 3.56. The first-order valence-corrected chi connectivity index (χ1v) is 5.49. The Morgan fingerprint density at radius 3 is 2.31 bits per heavy atom. The number of halogens is 1. The van der Waals surface area contributed by atoms with Crippen molar-refractivity contribution in [1.82, 2.24) is 0 Å². The minimum absolute atomic E-state index is 0.754. The van der Waals surface area contributed by atoms with Gasteiger partial charge in [-0.1, -0.05) is 29.8 Å². The van der Waals surface area contributed by atoms with Crippen LogP contribution in [-0.4, -0.2) is 7.11 Å². The van der Waals surface area contributed by atoms with Crippen LogP contribution in [-0.2, 0) is 0 Å². The molecular weight excluding hydrogens is 220 g/mol. The van der Waals surface area contributed by atoms with Crippen LogP contribution >= 0.6 is 11.6 Å². The summed E-state index contributed by atoms with van der Waals surface area (Å²) in [4.78, 5) is 0. The molecule has 1 nitrogen and oxygen atoms in total. The van der Waals surface area contributed by atoms with Crippen LogP contribution in [0.5, 0.6) is 5.75 Å². The molecule has 2 aromatic carbocycles. The predicted octanol–water partition coefficient (Wildman–Crippen LogP) is 4.32. The number of aryl methyl sites for hydroxylation is 1. The van der Waals surface area contributed by atoms with E-state index in [9.17, 15) is 0 Å². The van der Waals surface area contributed by atoms with E-state index in [-0.39, 0.29) is 0 Å². The predicted molar refractivity (Wildman–Crippen MR) is 68.2 cm³/mol. The molecule has 0 amide bonds. The summed E-state index contributed by atoms with van der Waals surface area (Å²) in [5.74, 6) is 0.871. The smallest absolute Gasteiger partial charge is 0.119 e. The molecule has 0 saturated carbocycles. The second-order valence-corrected chi connectivity index (χ2v) is 4.12. The van der Waals surface area contributed by atoms with Crippen LogP contribution < -0.4 is 4.74 Å². The highest BCUT2D eigenvalue weighted by Crippen LogP contribution is 2.28. The zero-order chi connectivity index (χ0) is 11.5. The number of rotatable bonds is 2. The van der Waals surface area contributed by atoms with Crippen molar-refractivity contribution in [3.63, 3.8) is 0 Å². The third-order valence-corrected chi connectivity index (χ3v) is 2.85. The number of ether oxygens (including phenoxy) is 1. The van der Waals surface area contributed by atoms with E-state index in [0.717, 1.165) is 16.3 Å². The van der Waals surface area contributed by atoms with Gasteiger partial charge in [-0.25, -0.2) is 0 Å². The van der Waals surface area contributed by atoms with Crippen molar-refractivity contribution in [2.24, 2.45) is 0 Å². The van der Waals surface area contributed by atoms with Gasteiger partial charge in [-0.15, -0.1) is 0 Å². The van der Waals surface area contributed by atoms with Crippen LogP contribution in [0.3, 0.4) is 0 Å². The van der Waals surface area contributed by atoms with Crippen molar-refractivity contribution < 1.29 is 4.74 Å². The van der Waals surface area contributed by atoms with Gasteiger partial charge in [0.25, 0.3) is 0 Å². The SMILES string of the molecule is COc1ccc(C)c(-c2ccc(Cl)cc2)c1. The Balaban J connectivity index is 2.50. The van der Waals surface area contributed by atoms with Gasteiger partial charge < -0.3 is 4.74 Å². The van der Waals surface area contributed by atoms with Gasteiger partial charge in [-0.3, -0.25) is 0 Å². The standard InChI is InChI=1S/C14H13ClO/c1-10-3-8-13(16-2)9-14(10)11-4-6-12(15)7-5-11/h3-9H,1-2H3. The molecule has 0 radical (unpaired) electrons. The van der Waals surface area contributed by atoms with E-state index in [4.69, 9.17) is 16.3 Å². The molecule has 16 heavy (non-hydrogen) atoms. The zero-order valence-corrected chi connectivity index (χ0v) is 10.1. The molecule has 0 unspecified atom stereocenters. The van der Waals surface area contributed by atoms with E-state index in [2.05, 4.69) is 13.0 Å². The van der Waals surface area contributed by atoms with Crippen molar-refractivity contribution >= 4 is 11.6 Å². The number of hydrogen-bond acceptors (Lipinski definition) is 1. The molecule has 0 saturated heterocycles. The average molecular weight is 233 g/mol. The zero-order valence-electron chi connectivity index (χ0n) is 9.33. The fourth-order valence-corrected chi connectivity index (χ4v) is 1.79. The highest BCUT2D eigenvalue weighted by molar-refractivity contribution is 6.30. The molecule has 0 atom stereocenters. The van der Waals surface area contributed by atoms with Crippen LogP contribution in [0.1, 0.15) is 5.56 Å². The molecule has 0 aliphatic rings. The van der Waals surface area contributed by atoms with E-state index in [0.29, 0.717) is 0 Å². The number of methoxy groups -OCH3 is 1. The first-order chi connectivity index (χ1) is 7.70. The van der Waals surface area contributed by atoms with Crippen molar-refractivity contribution in [3.05, 3.63) is 53.1 Å². The Labute approximate surface area is 101 Å². The lowest BCUT2D eigenvalue weighted by molar-refractivity contribution is 0.415. The maximum Gasteiger partial charge on any atom is 0.119 e. The molecule has 0 spiro atoms. The van der Waals surface area contributed by atoms with Crippen molar-refractivity contribution in [2.75, 3.05) is 7.11 Å². The third kappa shape index (κ3) is 2.20. The molecule has 2 aromatic rings. The second kappa shape index (κ2) is 4.58. The summed E-state index contributed by atoms with van der Waals surface area (Å²) in [6, 6.07) is 13.9. The molecule has 0 aromatic heterocycles. The third-order valence-electron chi connectivity index (χ3n) is 2.60.